The molecule has 7 aromatic carbocycles. The normalized spacial score (nSPS) is 11.1. The number of nitrogens with zero attached hydrogens (tertiary/aromatic N) is 2. The molecular formula is C43H30N2. The van der Waals surface area contributed by atoms with E-state index in [4.69, 9.17) is 0 Å². The molecule has 0 amide bonds. The van der Waals surface area contributed by atoms with Crippen molar-refractivity contribution in [2.24, 2.45) is 0 Å². The van der Waals surface area contributed by atoms with Crippen LogP contribution < -0.4 is 4.90 Å². The van der Waals surface area contributed by atoms with E-state index in [-0.39, 0.29) is 0 Å². The number of pyridine rings is 1. The summed E-state index contributed by atoms with van der Waals surface area (Å²) in [4.78, 5) is 6.89. The van der Waals surface area contributed by atoms with E-state index < -0.39 is 0 Å². The predicted molar refractivity (Wildman–Crippen MR) is 190 cm³/mol. The van der Waals surface area contributed by atoms with Gasteiger partial charge in [-0.25, -0.2) is 4.98 Å². The van der Waals surface area contributed by atoms with Gasteiger partial charge in [-0.1, -0.05) is 140 Å². The zero-order valence-corrected chi connectivity index (χ0v) is 24.7. The standard InChI is InChI=1S/C43H30N2/c1-3-15-31(16-4-1)35-19-7-8-20-36(35)43-39-23-11-9-21-37(39)42(38-22-10-12-24-40(38)43)32-26-28-34(29-27-32)45(33-17-5-2-6-18-33)41-25-13-14-30-44-41/h1-30H. The summed E-state index contributed by atoms with van der Waals surface area (Å²) in [7, 11) is 0. The molecule has 0 bridgehead atoms. The van der Waals surface area contributed by atoms with E-state index in [0.717, 1.165) is 17.2 Å². The van der Waals surface area contributed by atoms with Gasteiger partial charge in [0.05, 0.1) is 0 Å². The van der Waals surface area contributed by atoms with Gasteiger partial charge in [-0.2, -0.15) is 0 Å². The minimum Gasteiger partial charge on any atom is -0.295 e. The number of benzene rings is 7. The molecule has 0 unspecified atom stereocenters. The number of rotatable bonds is 6. The minimum atomic E-state index is 0.883. The van der Waals surface area contributed by atoms with Crippen molar-refractivity contribution >= 4 is 38.7 Å². The summed E-state index contributed by atoms with van der Waals surface area (Å²) >= 11 is 0. The van der Waals surface area contributed by atoms with Crippen LogP contribution in [0.1, 0.15) is 0 Å². The second-order valence-electron chi connectivity index (χ2n) is 11.2. The molecule has 0 aliphatic carbocycles. The molecule has 8 rings (SSSR count). The Morgan fingerprint density at radius 2 is 0.822 bits per heavy atom. The molecule has 0 radical (unpaired) electrons. The summed E-state index contributed by atoms with van der Waals surface area (Å²) < 4.78 is 0. The molecular weight excluding hydrogens is 544 g/mol. The summed E-state index contributed by atoms with van der Waals surface area (Å²) in [5.74, 6) is 0.883. The monoisotopic (exact) mass is 574 g/mol. The van der Waals surface area contributed by atoms with E-state index >= 15 is 0 Å². The van der Waals surface area contributed by atoms with E-state index in [9.17, 15) is 0 Å². The average molecular weight is 575 g/mol. The molecule has 2 nitrogen and oxygen atoms in total. The van der Waals surface area contributed by atoms with E-state index in [2.05, 4.69) is 162 Å². The molecule has 212 valence electrons. The van der Waals surface area contributed by atoms with Gasteiger partial charge in [0.25, 0.3) is 0 Å². The van der Waals surface area contributed by atoms with Crippen LogP contribution in [0.15, 0.2) is 182 Å². The number of hydrogen-bond acceptors (Lipinski definition) is 2. The summed E-state index contributed by atoms with van der Waals surface area (Å²) in [6.07, 6.45) is 1.84. The molecule has 0 spiro atoms. The van der Waals surface area contributed by atoms with Crippen LogP contribution in [0.4, 0.5) is 17.2 Å². The minimum absolute atomic E-state index is 0.883. The zero-order chi connectivity index (χ0) is 30.0. The third kappa shape index (κ3) is 4.83. The molecule has 8 aromatic rings. The predicted octanol–water partition coefficient (Wildman–Crippen LogP) is 11.9. The highest BCUT2D eigenvalue weighted by molar-refractivity contribution is 6.22. The largest absolute Gasteiger partial charge is 0.295 e. The second-order valence-corrected chi connectivity index (χ2v) is 11.2. The first-order valence-electron chi connectivity index (χ1n) is 15.3. The Labute approximate surface area is 263 Å². The highest BCUT2D eigenvalue weighted by Gasteiger charge is 2.19. The van der Waals surface area contributed by atoms with Crippen LogP contribution in [0.25, 0.3) is 54.9 Å². The lowest BCUT2D eigenvalue weighted by Crippen LogP contribution is -2.11. The van der Waals surface area contributed by atoms with Crippen molar-refractivity contribution in [1.82, 2.24) is 4.98 Å². The van der Waals surface area contributed by atoms with Gasteiger partial charge in [-0.15, -0.1) is 0 Å². The lowest BCUT2D eigenvalue weighted by molar-refractivity contribution is 1.18. The molecule has 0 aliphatic rings. The Bertz CT molecular complexity index is 2140. The van der Waals surface area contributed by atoms with Crippen molar-refractivity contribution in [2.45, 2.75) is 0 Å². The molecule has 0 saturated carbocycles. The van der Waals surface area contributed by atoms with Gasteiger partial charge in [-0.3, -0.25) is 4.90 Å². The SMILES string of the molecule is c1ccc(-c2ccccc2-c2c3ccccc3c(-c3ccc(N(c4ccccc4)c4ccccn4)cc3)c3ccccc23)cc1. The van der Waals surface area contributed by atoms with Gasteiger partial charge in [0.2, 0.25) is 0 Å². The fraction of sp³-hybridized carbons (Fsp3) is 0. The summed E-state index contributed by atoms with van der Waals surface area (Å²) in [5, 5.41) is 4.98. The van der Waals surface area contributed by atoms with Crippen LogP contribution in [0.5, 0.6) is 0 Å². The highest BCUT2D eigenvalue weighted by Crippen LogP contribution is 2.46. The maximum absolute atomic E-state index is 4.69. The first kappa shape index (κ1) is 26.6. The van der Waals surface area contributed by atoms with Crippen molar-refractivity contribution in [3.8, 4) is 33.4 Å². The van der Waals surface area contributed by atoms with Crippen molar-refractivity contribution in [2.75, 3.05) is 4.90 Å². The summed E-state index contributed by atoms with van der Waals surface area (Å²) in [6.45, 7) is 0. The molecule has 0 fully saturated rings. The topological polar surface area (TPSA) is 16.1 Å². The van der Waals surface area contributed by atoms with Crippen LogP contribution in [-0.2, 0) is 0 Å². The quantitative estimate of drug-likeness (QED) is 0.184. The molecule has 1 aromatic heterocycles. The van der Waals surface area contributed by atoms with Gasteiger partial charge in [0.15, 0.2) is 0 Å². The number of aromatic nitrogens is 1. The van der Waals surface area contributed by atoms with Crippen molar-refractivity contribution < 1.29 is 0 Å². The lowest BCUT2D eigenvalue weighted by atomic mass is 9.84. The summed E-state index contributed by atoms with van der Waals surface area (Å²) in [6, 6.07) is 62.5. The van der Waals surface area contributed by atoms with Gasteiger partial charge >= 0.3 is 0 Å². The Hall–Kier alpha value is -5.99. The molecule has 2 heteroatoms. The number of anilines is 3. The van der Waals surface area contributed by atoms with E-state index in [1.165, 1.54) is 54.9 Å². The fourth-order valence-corrected chi connectivity index (χ4v) is 6.55. The van der Waals surface area contributed by atoms with Crippen molar-refractivity contribution in [3.05, 3.63) is 182 Å². The fourth-order valence-electron chi connectivity index (χ4n) is 6.55. The molecule has 0 atom stereocenters. The van der Waals surface area contributed by atoms with E-state index in [0.29, 0.717) is 0 Å². The van der Waals surface area contributed by atoms with Gasteiger partial charge in [0, 0.05) is 17.6 Å². The first-order chi connectivity index (χ1) is 22.4. The van der Waals surface area contributed by atoms with Gasteiger partial charge in [-0.05, 0) is 91.3 Å². The number of hydrogen-bond donors (Lipinski definition) is 0. The molecule has 1 heterocycles. The maximum Gasteiger partial charge on any atom is 0.137 e. The van der Waals surface area contributed by atoms with Gasteiger partial charge in [0.1, 0.15) is 5.82 Å². The van der Waals surface area contributed by atoms with Crippen LogP contribution >= 0.6 is 0 Å². The van der Waals surface area contributed by atoms with E-state index in [1.54, 1.807) is 0 Å². The average Bonchev–Trinajstić information content (AvgIpc) is 3.12. The van der Waals surface area contributed by atoms with Crippen LogP contribution in [0, 0.1) is 0 Å². The molecule has 45 heavy (non-hydrogen) atoms. The van der Waals surface area contributed by atoms with Gasteiger partial charge < -0.3 is 0 Å². The van der Waals surface area contributed by atoms with Crippen LogP contribution in [0.3, 0.4) is 0 Å². The van der Waals surface area contributed by atoms with Crippen LogP contribution in [0.2, 0.25) is 0 Å². The third-order valence-corrected chi connectivity index (χ3v) is 8.52. The van der Waals surface area contributed by atoms with Crippen molar-refractivity contribution in [1.29, 1.82) is 0 Å². The zero-order valence-electron chi connectivity index (χ0n) is 24.7. The Kier molecular flexibility index (Phi) is 6.86. The highest BCUT2D eigenvalue weighted by atomic mass is 15.2. The van der Waals surface area contributed by atoms with Crippen molar-refractivity contribution in [3.63, 3.8) is 0 Å². The molecule has 0 N–H and O–H groups in total. The van der Waals surface area contributed by atoms with E-state index in [1.807, 2.05) is 30.5 Å². The number of fused-ring (bicyclic) bond motifs is 2. The Morgan fingerprint density at radius 1 is 0.333 bits per heavy atom. The number of para-hydroxylation sites is 1. The Morgan fingerprint density at radius 3 is 1.42 bits per heavy atom. The smallest absolute Gasteiger partial charge is 0.137 e. The Balaban J connectivity index is 1.33. The third-order valence-electron chi connectivity index (χ3n) is 8.52. The summed E-state index contributed by atoms with van der Waals surface area (Å²) in [5.41, 5.74) is 9.53. The molecule has 0 aliphatic heterocycles. The van der Waals surface area contributed by atoms with Crippen LogP contribution in [-0.4, -0.2) is 4.98 Å². The lowest BCUT2D eigenvalue weighted by Gasteiger charge is -2.24. The second kappa shape index (κ2) is 11.6. The molecule has 0 saturated heterocycles. The maximum atomic E-state index is 4.69. The first-order valence-corrected chi connectivity index (χ1v) is 15.3.